The molecule has 0 aliphatic rings. The van der Waals surface area contributed by atoms with Gasteiger partial charge in [0.1, 0.15) is 11.6 Å². The monoisotopic (exact) mass is 282 g/mol. The van der Waals surface area contributed by atoms with Crippen LogP contribution in [0.25, 0.3) is 22.4 Å². The van der Waals surface area contributed by atoms with E-state index < -0.39 is 12.4 Å². The number of aliphatic hydroxyl groups excluding tert-OH is 1. The number of nitrogens with zero attached hydrogens (tertiary/aromatic N) is 4. The summed E-state index contributed by atoms with van der Waals surface area (Å²) in [6.45, 7) is -0.434. The van der Waals surface area contributed by atoms with E-state index in [0.717, 1.165) is 11.7 Å². The second-order valence-corrected chi connectivity index (χ2v) is 4.62. The number of pyridine rings is 1. The number of imidazole rings is 1. The number of aryl methyl sites for hydroxylation is 1. The maximum atomic E-state index is 13.7. The summed E-state index contributed by atoms with van der Waals surface area (Å²) in [5.74, 6) is -0.0732. The Hall–Kier alpha value is -2.78. The molecule has 5 nitrogen and oxygen atoms in total. The molecule has 0 spiro atoms. The molecule has 2 aromatic heterocycles. The zero-order valence-electron chi connectivity index (χ0n) is 11.2. The van der Waals surface area contributed by atoms with Gasteiger partial charge in [0.15, 0.2) is 0 Å². The second kappa shape index (κ2) is 4.96. The number of hydrogen-bond donors (Lipinski definition) is 1. The molecule has 0 saturated carbocycles. The van der Waals surface area contributed by atoms with Crippen molar-refractivity contribution in [3.05, 3.63) is 47.5 Å². The fourth-order valence-electron chi connectivity index (χ4n) is 2.32. The van der Waals surface area contributed by atoms with Crippen molar-refractivity contribution in [1.82, 2.24) is 14.5 Å². The molecule has 3 rings (SSSR count). The SMILES string of the molecule is Cn1c(-c2cncc(F)c2CO)nc2ccc(C#N)cc21. The molecular weight excluding hydrogens is 271 g/mol. The molecular formula is C15H11FN4O. The van der Waals surface area contributed by atoms with Crippen molar-refractivity contribution in [2.24, 2.45) is 7.05 Å². The molecule has 0 aliphatic carbocycles. The predicted molar refractivity (Wildman–Crippen MR) is 74.5 cm³/mol. The van der Waals surface area contributed by atoms with Crippen molar-refractivity contribution in [3.63, 3.8) is 0 Å². The molecule has 3 aromatic rings. The Morgan fingerprint density at radius 2 is 2.19 bits per heavy atom. The highest BCUT2D eigenvalue weighted by atomic mass is 19.1. The minimum absolute atomic E-state index is 0.156. The van der Waals surface area contributed by atoms with E-state index in [-0.39, 0.29) is 5.56 Å². The van der Waals surface area contributed by atoms with Crippen molar-refractivity contribution in [3.8, 4) is 17.5 Å². The normalized spacial score (nSPS) is 10.8. The van der Waals surface area contributed by atoms with Crippen LogP contribution in [0.3, 0.4) is 0 Å². The zero-order chi connectivity index (χ0) is 15.0. The quantitative estimate of drug-likeness (QED) is 0.781. The van der Waals surface area contributed by atoms with Crippen molar-refractivity contribution in [2.75, 3.05) is 0 Å². The maximum absolute atomic E-state index is 13.7. The Balaban J connectivity index is 2.29. The van der Waals surface area contributed by atoms with Gasteiger partial charge in [-0.2, -0.15) is 5.26 Å². The molecule has 0 aliphatic heterocycles. The molecule has 1 aromatic carbocycles. The average Bonchev–Trinajstić information content (AvgIpc) is 2.83. The molecule has 0 atom stereocenters. The molecule has 0 amide bonds. The summed E-state index contributed by atoms with van der Waals surface area (Å²) in [7, 11) is 1.78. The van der Waals surface area contributed by atoms with Crippen LogP contribution in [-0.2, 0) is 13.7 Å². The van der Waals surface area contributed by atoms with E-state index in [4.69, 9.17) is 5.26 Å². The van der Waals surface area contributed by atoms with E-state index in [2.05, 4.69) is 16.0 Å². The van der Waals surface area contributed by atoms with Crippen LogP contribution in [0.2, 0.25) is 0 Å². The molecule has 0 fully saturated rings. The van der Waals surface area contributed by atoms with Crippen LogP contribution in [0, 0.1) is 17.1 Å². The van der Waals surface area contributed by atoms with Crippen LogP contribution in [0.5, 0.6) is 0 Å². The van der Waals surface area contributed by atoms with E-state index in [1.54, 1.807) is 29.8 Å². The van der Waals surface area contributed by atoms with Crippen molar-refractivity contribution >= 4 is 11.0 Å². The number of nitriles is 1. The number of aromatic nitrogens is 3. The first-order valence-corrected chi connectivity index (χ1v) is 6.26. The van der Waals surface area contributed by atoms with E-state index in [1.807, 2.05) is 0 Å². The topological polar surface area (TPSA) is 74.7 Å². The van der Waals surface area contributed by atoms with Gasteiger partial charge in [-0.25, -0.2) is 9.37 Å². The summed E-state index contributed by atoms with van der Waals surface area (Å²) >= 11 is 0. The van der Waals surface area contributed by atoms with Crippen LogP contribution < -0.4 is 0 Å². The highest BCUT2D eigenvalue weighted by Gasteiger charge is 2.16. The summed E-state index contributed by atoms with van der Waals surface area (Å²) in [4.78, 5) is 8.27. The molecule has 1 N–H and O–H groups in total. The third-order valence-electron chi connectivity index (χ3n) is 3.41. The van der Waals surface area contributed by atoms with Gasteiger partial charge in [-0.1, -0.05) is 0 Å². The lowest BCUT2D eigenvalue weighted by Crippen LogP contribution is -2.00. The minimum Gasteiger partial charge on any atom is -0.392 e. The summed E-state index contributed by atoms with van der Waals surface area (Å²) in [6, 6.07) is 7.21. The Kier molecular flexibility index (Phi) is 3.12. The van der Waals surface area contributed by atoms with E-state index in [0.29, 0.717) is 22.5 Å². The highest BCUT2D eigenvalue weighted by molar-refractivity contribution is 5.82. The number of hydrogen-bond acceptors (Lipinski definition) is 4. The zero-order valence-corrected chi connectivity index (χ0v) is 11.2. The second-order valence-electron chi connectivity index (χ2n) is 4.62. The van der Waals surface area contributed by atoms with Gasteiger partial charge >= 0.3 is 0 Å². The van der Waals surface area contributed by atoms with Gasteiger partial charge in [-0.05, 0) is 18.2 Å². The van der Waals surface area contributed by atoms with Crippen molar-refractivity contribution in [1.29, 1.82) is 5.26 Å². The number of fused-ring (bicyclic) bond motifs is 1. The van der Waals surface area contributed by atoms with Crippen LogP contribution in [-0.4, -0.2) is 19.6 Å². The van der Waals surface area contributed by atoms with Crippen molar-refractivity contribution in [2.45, 2.75) is 6.61 Å². The summed E-state index contributed by atoms with van der Waals surface area (Å²) in [5, 5.41) is 18.3. The van der Waals surface area contributed by atoms with Gasteiger partial charge < -0.3 is 9.67 Å². The number of benzene rings is 1. The predicted octanol–water partition coefficient (Wildman–Crippen LogP) is 2.14. The number of rotatable bonds is 2. The first-order chi connectivity index (χ1) is 10.2. The van der Waals surface area contributed by atoms with E-state index in [9.17, 15) is 9.50 Å². The van der Waals surface area contributed by atoms with Crippen LogP contribution in [0.4, 0.5) is 4.39 Å². The van der Waals surface area contributed by atoms with Crippen LogP contribution in [0.1, 0.15) is 11.1 Å². The summed E-state index contributed by atoms with van der Waals surface area (Å²) in [6.07, 6.45) is 2.53. The largest absolute Gasteiger partial charge is 0.392 e. The first-order valence-electron chi connectivity index (χ1n) is 6.26. The third-order valence-corrected chi connectivity index (χ3v) is 3.41. The van der Waals surface area contributed by atoms with Gasteiger partial charge in [0.05, 0.1) is 35.5 Å². The van der Waals surface area contributed by atoms with Crippen LogP contribution in [0.15, 0.2) is 30.6 Å². The molecule has 0 unspecified atom stereocenters. The Morgan fingerprint density at radius 1 is 1.38 bits per heavy atom. The Bertz CT molecular complexity index is 879. The molecule has 0 bridgehead atoms. The fraction of sp³-hybridized carbons (Fsp3) is 0.133. The molecule has 6 heteroatoms. The number of aliphatic hydroxyl groups is 1. The van der Waals surface area contributed by atoms with Gasteiger partial charge in [0.2, 0.25) is 0 Å². The van der Waals surface area contributed by atoms with E-state index >= 15 is 0 Å². The van der Waals surface area contributed by atoms with Crippen LogP contribution >= 0.6 is 0 Å². The minimum atomic E-state index is -0.570. The Morgan fingerprint density at radius 3 is 2.90 bits per heavy atom. The van der Waals surface area contributed by atoms with Gasteiger partial charge in [0.25, 0.3) is 0 Å². The number of halogens is 1. The first kappa shape index (κ1) is 13.2. The highest BCUT2D eigenvalue weighted by Crippen LogP contribution is 2.27. The molecule has 0 radical (unpaired) electrons. The van der Waals surface area contributed by atoms with Gasteiger partial charge in [-0.15, -0.1) is 0 Å². The standard InChI is InChI=1S/C15H11FN4O/c1-20-14-4-9(5-17)2-3-13(14)19-15(20)10-6-18-7-12(16)11(10)8-21/h2-4,6-7,21H,8H2,1H3. The van der Waals surface area contributed by atoms with Gasteiger partial charge in [-0.3, -0.25) is 4.98 Å². The lowest BCUT2D eigenvalue weighted by atomic mass is 10.1. The summed E-state index contributed by atoms with van der Waals surface area (Å²) < 4.78 is 15.5. The Labute approximate surface area is 119 Å². The molecule has 2 heterocycles. The van der Waals surface area contributed by atoms with Gasteiger partial charge in [0, 0.05) is 24.4 Å². The average molecular weight is 282 g/mol. The molecule has 21 heavy (non-hydrogen) atoms. The fourth-order valence-corrected chi connectivity index (χ4v) is 2.32. The third kappa shape index (κ3) is 2.04. The van der Waals surface area contributed by atoms with E-state index in [1.165, 1.54) is 6.20 Å². The molecule has 104 valence electrons. The smallest absolute Gasteiger partial charge is 0.147 e. The lowest BCUT2D eigenvalue weighted by molar-refractivity contribution is 0.276. The van der Waals surface area contributed by atoms with Crippen molar-refractivity contribution < 1.29 is 9.50 Å². The lowest BCUT2D eigenvalue weighted by Gasteiger charge is -2.07. The maximum Gasteiger partial charge on any atom is 0.147 e. The molecule has 0 saturated heterocycles. The summed E-state index contributed by atoms with van der Waals surface area (Å²) in [5.41, 5.74) is 2.58.